The van der Waals surface area contributed by atoms with E-state index in [2.05, 4.69) is 29.6 Å². The number of thiophene rings is 1. The molecule has 4 heteroatoms. The monoisotopic (exact) mass is 316 g/mol. The maximum atomic E-state index is 12.6. The molecule has 1 atom stereocenters. The van der Waals surface area contributed by atoms with Gasteiger partial charge in [0.25, 0.3) is 5.91 Å². The molecule has 1 fully saturated rings. The molecule has 0 bridgehead atoms. The van der Waals surface area contributed by atoms with Crippen LogP contribution in [0.2, 0.25) is 0 Å². The number of amides is 1. The van der Waals surface area contributed by atoms with Gasteiger partial charge in [-0.2, -0.15) is 0 Å². The Hall–Kier alpha value is -1.39. The summed E-state index contributed by atoms with van der Waals surface area (Å²) in [5.41, 5.74) is 1.23. The molecule has 1 unspecified atom stereocenters. The van der Waals surface area contributed by atoms with Crippen molar-refractivity contribution in [1.82, 2.24) is 10.2 Å². The number of hydrogen-bond acceptors (Lipinski definition) is 3. The van der Waals surface area contributed by atoms with Gasteiger partial charge >= 0.3 is 0 Å². The molecule has 0 spiro atoms. The lowest BCUT2D eigenvalue weighted by Crippen LogP contribution is -2.31. The topological polar surface area (TPSA) is 32.3 Å². The fraction of sp³-hybridized carbons (Fsp3) is 0.500. The van der Waals surface area contributed by atoms with Gasteiger partial charge in [-0.1, -0.05) is 31.0 Å². The summed E-state index contributed by atoms with van der Waals surface area (Å²) in [5.74, 6) is 0.129. The van der Waals surface area contributed by atoms with E-state index in [4.69, 9.17) is 0 Å². The first-order valence-corrected chi connectivity index (χ1v) is 8.94. The van der Waals surface area contributed by atoms with Crippen LogP contribution >= 0.6 is 11.3 Å². The second-order valence-electron chi connectivity index (χ2n) is 6.31. The smallest absolute Gasteiger partial charge is 0.263 e. The minimum atomic E-state index is 0.129. The summed E-state index contributed by atoms with van der Waals surface area (Å²) in [7, 11) is 3.67. The number of benzene rings is 1. The lowest BCUT2D eigenvalue weighted by Gasteiger charge is -2.17. The van der Waals surface area contributed by atoms with Crippen LogP contribution < -0.4 is 5.32 Å². The molecule has 3 nitrogen and oxygen atoms in total. The Balaban J connectivity index is 1.97. The number of fused-ring (bicyclic) bond motifs is 1. The van der Waals surface area contributed by atoms with Crippen molar-refractivity contribution in [2.75, 3.05) is 20.6 Å². The number of carbonyl (C=O) groups excluding carboxylic acids is 1. The Morgan fingerprint density at radius 2 is 2.09 bits per heavy atom. The predicted molar refractivity (Wildman–Crippen MR) is 93.8 cm³/mol. The number of nitrogens with one attached hydrogen (secondary N) is 1. The Kier molecular flexibility index (Phi) is 4.79. The van der Waals surface area contributed by atoms with Crippen LogP contribution in [0.5, 0.6) is 0 Å². The van der Waals surface area contributed by atoms with Crippen molar-refractivity contribution in [3.63, 3.8) is 0 Å². The number of rotatable bonds is 3. The third-order valence-corrected chi connectivity index (χ3v) is 5.61. The van der Waals surface area contributed by atoms with Crippen molar-refractivity contribution >= 4 is 27.3 Å². The van der Waals surface area contributed by atoms with Crippen molar-refractivity contribution < 1.29 is 4.79 Å². The lowest BCUT2D eigenvalue weighted by molar-refractivity contribution is 0.0831. The molecule has 1 aliphatic heterocycles. The molecule has 3 rings (SSSR count). The first-order chi connectivity index (χ1) is 10.7. The molecule has 0 saturated carbocycles. The van der Waals surface area contributed by atoms with Gasteiger partial charge in [0.2, 0.25) is 0 Å². The average molecular weight is 316 g/mol. The molecule has 0 aliphatic carbocycles. The Morgan fingerprint density at radius 3 is 2.91 bits per heavy atom. The molecule has 0 radical (unpaired) electrons. The third kappa shape index (κ3) is 3.18. The second kappa shape index (κ2) is 6.80. The molecule has 1 aliphatic rings. The van der Waals surface area contributed by atoms with Crippen LogP contribution in [0.15, 0.2) is 24.3 Å². The maximum absolute atomic E-state index is 12.6. The van der Waals surface area contributed by atoms with Gasteiger partial charge in [0, 0.05) is 24.8 Å². The zero-order chi connectivity index (χ0) is 15.5. The highest BCUT2D eigenvalue weighted by atomic mass is 32.1. The maximum Gasteiger partial charge on any atom is 0.263 e. The first kappa shape index (κ1) is 15.5. The van der Waals surface area contributed by atoms with Crippen molar-refractivity contribution in [2.45, 2.75) is 38.1 Å². The summed E-state index contributed by atoms with van der Waals surface area (Å²) in [6, 6.07) is 8.90. The fourth-order valence-corrected chi connectivity index (χ4v) is 4.45. The summed E-state index contributed by atoms with van der Waals surface area (Å²) in [4.78, 5) is 15.2. The molecule has 118 valence electrons. The standard InChI is InChI=1S/C18H24N2OS/c1-20(2)18(21)17-15(12-13-8-4-3-7-11-19-13)14-9-5-6-10-16(14)22-17/h5-6,9-10,13,19H,3-4,7-8,11-12H2,1-2H3. The Labute approximate surface area is 136 Å². The molecular formula is C18H24N2OS. The van der Waals surface area contributed by atoms with Gasteiger partial charge in [-0.3, -0.25) is 4.79 Å². The fourth-order valence-electron chi connectivity index (χ4n) is 3.20. The quantitative estimate of drug-likeness (QED) is 0.937. The average Bonchev–Trinajstić information content (AvgIpc) is 2.69. The summed E-state index contributed by atoms with van der Waals surface area (Å²) >= 11 is 1.64. The zero-order valence-corrected chi connectivity index (χ0v) is 14.2. The van der Waals surface area contributed by atoms with Crippen LogP contribution in [0.3, 0.4) is 0 Å². The van der Waals surface area contributed by atoms with Crippen LogP contribution in [0.4, 0.5) is 0 Å². The van der Waals surface area contributed by atoms with E-state index >= 15 is 0 Å². The lowest BCUT2D eigenvalue weighted by atomic mass is 9.99. The highest BCUT2D eigenvalue weighted by Crippen LogP contribution is 2.33. The first-order valence-electron chi connectivity index (χ1n) is 8.12. The molecule has 1 aromatic heterocycles. The summed E-state index contributed by atoms with van der Waals surface area (Å²) in [5, 5.41) is 4.91. The van der Waals surface area contributed by atoms with Crippen molar-refractivity contribution in [3.05, 3.63) is 34.7 Å². The second-order valence-corrected chi connectivity index (χ2v) is 7.36. The van der Waals surface area contributed by atoms with E-state index in [0.29, 0.717) is 6.04 Å². The summed E-state index contributed by atoms with van der Waals surface area (Å²) in [6.45, 7) is 1.10. The number of hydrogen-bond donors (Lipinski definition) is 1. The van der Waals surface area contributed by atoms with E-state index in [1.165, 1.54) is 41.3 Å². The molecular weight excluding hydrogens is 292 g/mol. The molecule has 1 amide bonds. The molecule has 2 aromatic rings. The van der Waals surface area contributed by atoms with Gasteiger partial charge in [-0.25, -0.2) is 0 Å². The Morgan fingerprint density at radius 1 is 1.27 bits per heavy atom. The summed E-state index contributed by atoms with van der Waals surface area (Å²) < 4.78 is 1.22. The SMILES string of the molecule is CN(C)C(=O)c1sc2ccccc2c1CC1CCCCCN1. The van der Waals surface area contributed by atoms with E-state index < -0.39 is 0 Å². The minimum absolute atomic E-state index is 0.129. The number of nitrogens with zero attached hydrogens (tertiary/aromatic N) is 1. The van der Waals surface area contributed by atoms with Crippen molar-refractivity contribution in [3.8, 4) is 0 Å². The normalized spacial score (nSPS) is 19.1. The van der Waals surface area contributed by atoms with Gasteiger partial charge in [0.05, 0.1) is 4.88 Å². The summed E-state index contributed by atoms with van der Waals surface area (Å²) in [6.07, 6.45) is 6.04. The zero-order valence-electron chi connectivity index (χ0n) is 13.4. The molecule has 2 heterocycles. The van der Waals surface area contributed by atoms with Gasteiger partial charge in [-0.05, 0) is 42.8 Å². The molecule has 1 aromatic carbocycles. The molecule has 1 saturated heterocycles. The van der Waals surface area contributed by atoms with Crippen molar-refractivity contribution in [2.24, 2.45) is 0 Å². The highest BCUT2D eigenvalue weighted by molar-refractivity contribution is 7.21. The van der Waals surface area contributed by atoms with Gasteiger partial charge in [0.15, 0.2) is 0 Å². The van der Waals surface area contributed by atoms with Crippen LogP contribution in [0, 0.1) is 0 Å². The number of carbonyl (C=O) groups is 1. The van der Waals surface area contributed by atoms with Crippen LogP contribution in [-0.2, 0) is 6.42 Å². The Bertz CT molecular complexity index is 654. The van der Waals surface area contributed by atoms with E-state index in [1.807, 2.05) is 14.1 Å². The van der Waals surface area contributed by atoms with Crippen LogP contribution in [0.1, 0.15) is 40.9 Å². The molecule has 22 heavy (non-hydrogen) atoms. The third-order valence-electron chi connectivity index (χ3n) is 4.41. The van der Waals surface area contributed by atoms with E-state index in [-0.39, 0.29) is 5.91 Å². The minimum Gasteiger partial charge on any atom is -0.344 e. The van der Waals surface area contributed by atoms with Gasteiger partial charge in [0.1, 0.15) is 0 Å². The highest BCUT2D eigenvalue weighted by Gasteiger charge is 2.22. The van der Waals surface area contributed by atoms with Crippen molar-refractivity contribution in [1.29, 1.82) is 0 Å². The van der Waals surface area contributed by atoms with E-state index in [0.717, 1.165) is 17.8 Å². The molecule has 1 N–H and O–H groups in total. The van der Waals surface area contributed by atoms with E-state index in [1.54, 1.807) is 16.2 Å². The van der Waals surface area contributed by atoms with Gasteiger partial charge < -0.3 is 10.2 Å². The van der Waals surface area contributed by atoms with E-state index in [9.17, 15) is 4.79 Å². The van der Waals surface area contributed by atoms with Crippen LogP contribution in [-0.4, -0.2) is 37.5 Å². The predicted octanol–water partition coefficient (Wildman–Crippen LogP) is 3.68. The largest absolute Gasteiger partial charge is 0.344 e. The van der Waals surface area contributed by atoms with Crippen LogP contribution in [0.25, 0.3) is 10.1 Å². The van der Waals surface area contributed by atoms with Gasteiger partial charge in [-0.15, -0.1) is 11.3 Å².